The van der Waals surface area contributed by atoms with E-state index in [9.17, 15) is 15.2 Å². The van der Waals surface area contributed by atoms with Crippen molar-refractivity contribution >= 4 is 52.5 Å². The minimum atomic E-state index is -0.594. The van der Waals surface area contributed by atoms with Crippen LogP contribution >= 0.6 is 34.8 Å². The Balaban J connectivity index is 2.33. The van der Waals surface area contributed by atoms with Crippen molar-refractivity contribution in [2.24, 2.45) is 0 Å². The number of amides is 1. The van der Waals surface area contributed by atoms with Crippen molar-refractivity contribution in [1.29, 1.82) is 5.26 Å². The number of phenolic OH excluding ortho intramolecular Hbond substituents is 1. The fourth-order valence-corrected chi connectivity index (χ4v) is 2.59. The maximum absolute atomic E-state index is 12.3. The Morgan fingerprint density at radius 1 is 1.21 bits per heavy atom. The van der Waals surface area contributed by atoms with E-state index in [1.807, 2.05) is 6.07 Å². The monoisotopic (exact) mass is 380 g/mol. The molecule has 0 fully saturated rings. The van der Waals surface area contributed by atoms with Crippen LogP contribution in [0.4, 0.5) is 5.69 Å². The van der Waals surface area contributed by atoms with Crippen LogP contribution in [-0.2, 0) is 4.79 Å². The van der Waals surface area contributed by atoms with Gasteiger partial charge in [-0.1, -0.05) is 40.9 Å². The zero-order valence-corrected chi connectivity index (χ0v) is 14.7. The van der Waals surface area contributed by atoms with Crippen molar-refractivity contribution in [2.45, 2.75) is 6.92 Å². The van der Waals surface area contributed by atoms with Gasteiger partial charge in [-0.25, -0.2) is 0 Å². The minimum Gasteiger partial charge on any atom is -0.505 e. The zero-order chi connectivity index (χ0) is 17.9. The first-order valence-corrected chi connectivity index (χ1v) is 7.83. The Morgan fingerprint density at radius 3 is 2.42 bits per heavy atom. The summed E-state index contributed by atoms with van der Waals surface area (Å²) in [7, 11) is 0. The molecule has 0 heterocycles. The fourth-order valence-electron chi connectivity index (χ4n) is 1.92. The van der Waals surface area contributed by atoms with Gasteiger partial charge in [0, 0.05) is 10.7 Å². The molecule has 0 aliphatic heterocycles. The number of nitrogens with one attached hydrogen (secondary N) is 1. The highest BCUT2D eigenvalue weighted by Gasteiger charge is 2.13. The lowest BCUT2D eigenvalue weighted by Gasteiger charge is -2.09. The van der Waals surface area contributed by atoms with E-state index in [0.29, 0.717) is 21.8 Å². The summed E-state index contributed by atoms with van der Waals surface area (Å²) in [6.07, 6.45) is 1.33. The summed E-state index contributed by atoms with van der Waals surface area (Å²) in [5.74, 6) is -0.851. The largest absolute Gasteiger partial charge is 0.505 e. The van der Waals surface area contributed by atoms with Crippen LogP contribution in [0.5, 0.6) is 5.75 Å². The first kappa shape index (κ1) is 18.2. The number of nitriles is 1. The molecular formula is C17H11Cl3N2O2. The van der Waals surface area contributed by atoms with E-state index in [2.05, 4.69) is 5.32 Å². The van der Waals surface area contributed by atoms with Gasteiger partial charge in [0.1, 0.15) is 11.6 Å². The number of carbonyl (C=O) groups excluding carboxylic acids is 1. The number of rotatable bonds is 3. The second-order valence-corrected chi connectivity index (χ2v) is 6.09. The Bertz CT molecular complexity index is 863. The molecule has 4 nitrogen and oxygen atoms in total. The Kier molecular flexibility index (Phi) is 5.74. The lowest BCUT2D eigenvalue weighted by Crippen LogP contribution is -2.14. The van der Waals surface area contributed by atoms with Gasteiger partial charge >= 0.3 is 0 Å². The minimum absolute atomic E-state index is 0.0251. The smallest absolute Gasteiger partial charge is 0.266 e. The van der Waals surface area contributed by atoms with Crippen molar-refractivity contribution in [2.75, 3.05) is 5.32 Å². The lowest BCUT2D eigenvalue weighted by atomic mass is 10.1. The lowest BCUT2D eigenvalue weighted by molar-refractivity contribution is -0.112. The molecule has 0 radical (unpaired) electrons. The summed E-state index contributed by atoms with van der Waals surface area (Å²) in [5, 5.41) is 22.0. The van der Waals surface area contributed by atoms with Crippen LogP contribution in [0.15, 0.2) is 35.9 Å². The maximum Gasteiger partial charge on any atom is 0.266 e. The zero-order valence-electron chi connectivity index (χ0n) is 12.4. The number of aromatic hydroxyl groups is 1. The number of hydrogen-bond donors (Lipinski definition) is 2. The molecule has 1 amide bonds. The number of carbonyl (C=O) groups is 1. The molecule has 24 heavy (non-hydrogen) atoms. The third-order valence-electron chi connectivity index (χ3n) is 3.23. The van der Waals surface area contributed by atoms with Gasteiger partial charge in [-0.15, -0.1) is 0 Å². The van der Waals surface area contributed by atoms with Crippen LogP contribution in [-0.4, -0.2) is 11.0 Å². The van der Waals surface area contributed by atoms with Crippen molar-refractivity contribution in [3.05, 3.63) is 62.1 Å². The fraction of sp³-hybridized carbons (Fsp3) is 0.0588. The van der Waals surface area contributed by atoms with Crippen LogP contribution in [0.1, 0.15) is 11.1 Å². The molecule has 0 bridgehead atoms. The quantitative estimate of drug-likeness (QED) is 0.566. The molecule has 122 valence electrons. The van der Waals surface area contributed by atoms with Crippen LogP contribution in [0.25, 0.3) is 6.08 Å². The van der Waals surface area contributed by atoms with Gasteiger partial charge in [0.15, 0.2) is 5.75 Å². The number of nitrogens with zero attached hydrogens (tertiary/aromatic N) is 1. The van der Waals surface area contributed by atoms with Crippen LogP contribution < -0.4 is 5.32 Å². The summed E-state index contributed by atoms with van der Waals surface area (Å²) < 4.78 is 0. The van der Waals surface area contributed by atoms with Gasteiger partial charge in [0.05, 0.1) is 10.0 Å². The summed E-state index contributed by atoms with van der Waals surface area (Å²) in [6.45, 7) is 1.76. The van der Waals surface area contributed by atoms with E-state index in [-0.39, 0.29) is 21.4 Å². The third kappa shape index (κ3) is 4.01. The number of halogens is 3. The van der Waals surface area contributed by atoms with Crippen molar-refractivity contribution in [1.82, 2.24) is 0 Å². The molecule has 7 heteroatoms. The second kappa shape index (κ2) is 7.59. The molecule has 0 saturated carbocycles. The van der Waals surface area contributed by atoms with E-state index in [4.69, 9.17) is 34.8 Å². The van der Waals surface area contributed by atoms with Crippen molar-refractivity contribution < 1.29 is 9.90 Å². The van der Waals surface area contributed by atoms with E-state index in [1.54, 1.807) is 25.1 Å². The number of phenols is 1. The van der Waals surface area contributed by atoms with E-state index < -0.39 is 5.91 Å². The van der Waals surface area contributed by atoms with E-state index >= 15 is 0 Å². The molecule has 2 aromatic carbocycles. The van der Waals surface area contributed by atoms with Gasteiger partial charge in [-0.2, -0.15) is 5.26 Å². The molecular weight excluding hydrogens is 371 g/mol. The third-order valence-corrected chi connectivity index (χ3v) is 4.22. The van der Waals surface area contributed by atoms with Gasteiger partial charge in [-0.3, -0.25) is 4.79 Å². The molecule has 2 aromatic rings. The second-order valence-electron chi connectivity index (χ2n) is 4.87. The summed E-state index contributed by atoms with van der Waals surface area (Å²) in [4.78, 5) is 12.3. The summed E-state index contributed by atoms with van der Waals surface area (Å²) >= 11 is 17.7. The Labute approximate surface area is 153 Å². The highest BCUT2D eigenvalue weighted by Crippen LogP contribution is 2.33. The highest BCUT2D eigenvalue weighted by molar-refractivity contribution is 6.37. The standard InChI is InChI=1S/C17H11Cl3N2O2/c1-9-12(18)3-2-4-15(9)22-17(24)11(8-21)5-10-6-13(19)16(23)14(20)7-10/h2-7,23H,1H3,(H,22,24)/b11-5-. The van der Waals surface area contributed by atoms with E-state index in [0.717, 1.165) is 0 Å². The average Bonchev–Trinajstić information content (AvgIpc) is 2.54. The number of hydrogen-bond acceptors (Lipinski definition) is 3. The number of anilines is 1. The van der Waals surface area contributed by atoms with Crippen LogP contribution in [0.3, 0.4) is 0 Å². The molecule has 0 saturated heterocycles. The average molecular weight is 382 g/mol. The Morgan fingerprint density at radius 2 is 1.83 bits per heavy atom. The molecule has 2 rings (SSSR count). The molecule has 0 spiro atoms. The molecule has 0 unspecified atom stereocenters. The predicted molar refractivity (Wildman–Crippen MR) is 96.5 cm³/mol. The molecule has 0 atom stereocenters. The molecule has 0 aliphatic carbocycles. The topological polar surface area (TPSA) is 73.1 Å². The summed E-state index contributed by atoms with van der Waals surface area (Å²) in [5.41, 5.74) is 1.47. The normalized spacial score (nSPS) is 11.0. The molecule has 2 N–H and O–H groups in total. The van der Waals surface area contributed by atoms with Crippen LogP contribution in [0.2, 0.25) is 15.1 Å². The maximum atomic E-state index is 12.3. The molecule has 0 aliphatic rings. The number of benzene rings is 2. The molecule has 0 aromatic heterocycles. The first-order valence-electron chi connectivity index (χ1n) is 6.69. The van der Waals surface area contributed by atoms with Gasteiger partial charge in [-0.05, 0) is 48.4 Å². The van der Waals surface area contributed by atoms with Crippen molar-refractivity contribution in [3.63, 3.8) is 0 Å². The van der Waals surface area contributed by atoms with Gasteiger partial charge in [0.25, 0.3) is 5.91 Å². The van der Waals surface area contributed by atoms with Crippen molar-refractivity contribution in [3.8, 4) is 11.8 Å². The predicted octanol–water partition coefficient (Wildman–Crippen LogP) is 5.21. The first-order chi connectivity index (χ1) is 11.3. The summed E-state index contributed by atoms with van der Waals surface area (Å²) in [6, 6.07) is 9.71. The van der Waals surface area contributed by atoms with Gasteiger partial charge < -0.3 is 10.4 Å². The van der Waals surface area contributed by atoms with Crippen LogP contribution in [0, 0.1) is 18.3 Å². The van der Waals surface area contributed by atoms with Gasteiger partial charge in [0.2, 0.25) is 0 Å². The van der Waals surface area contributed by atoms with E-state index in [1.165, 1.54) is 18.2 Å². The highest BCUT2D eigenvalue weighted by atomic mass is 35.5. The SMILES string of the molecule is Cc1c(Cl)cccc1NC(=O)/C(C#N)=C\c1cc(Cl)c(O)c(Cl)c1. The Hall–Kier alpha value is -2.19.